The smallest absolute Gasteiger partial charge is 0.133 e. The molecule has 98 valence electrons. The van der Waals surface area contributed by atoms with Gasteiger partial charge in [0.15, 0.2) is 0 Å². The van der Waals surface area contributed by atoms with Crippen LogP contribution in [0.4, 0.5) is 0 Å². The first kappa shape index (κ1) is 14.1. The molecule has 1 unspecified atom stereocenters. The van der Waals surface area contributed by atoms with Crippen LogP contribution in [0.1, 0.15) is 32.9 Å². The Kier molecular flexibility index (Phi) is 5.24. The van der Waals surface area contributed by atoms with Crippen molar-refractivity contribution in [1.82, 2.24) is 15.6 Å². The predicted octanol–water partition coefficient (Wildman–Crippen LogP) is 2.60. The van der Waals surface area contributed by atoms with E-state index in [-0.39, 0.29) is 11.9 Å². The van der Waals surface area contributed by atoms with Gasteiger partial charge in [-0.15, -0.1) is 0 Å². The zero-order chi connectivity index (χ0) is 13.5. The second-order valence-electron chi connectivity index (χ2n) is 4.10. The van der Waals surface area contributed by atoms with Crippen molar-refractivity contribution >= 4 is 5.57 Å². The van der Waals surface area contributed by atoms with Gasteiger partial charge in [0.25, 0.3) is 0 Å². The molecule has 0 spiro atoms. The summed E-state index contributed by atoms with van der Waals surface area (Å²) in [6, 6.07) is 3.47. The monoisotopic (exact) mass is 247 g/mol. The second kappa shape index (κ2) is 6.69. The maximum atomic E-state index is 9.25. The van der Waals surface area contributed by atoms with E-state index in [4.69, 9.17) is 0 Å². The van der Waals surface area contributed by atoms with E-state index in [2.05, 4.69) is 29.1 Å². The van der Waals surface area contributed by atoms with Crippen LogP contribution in [0, 0.1) is 0 Å². The molecular formula is C14H21N3O. The minimum absolute atomic E-state index is 0.112. The lowest BCUT2D eigenvalue weighted by Gasteiger charge is -2.18. The molecular weight excluding hydrogens is 226 g/mol. The molecule has 0 aliphatic carbocycles. The van der Waals surface area contributed by atoms with E-state index in [1.54, 1.807) is 12.3 Å². The van der Waals surface area contributed by atoms with E-state index >= 15 is 0 Å². The van der Waals surface area contributed by atoms with Gasteiger partial charge < -0.3 is 15.7 Å². The summed E-state index contributed by atoms with van der Waals surface area (Å²) in [5, 5.41) is 15.7. The fourth-order valence-corrected chi connectivity index (χ4v) is 1.83. The van der Waals surface area contributed by atoms with Crippen molar-refractivity contribution in [3.8, 4) is 5.75 Å². The summed E-state index contributed by atoms with van der Waals surface area (Å²) < 4.78 is 0. The third-order valence-electron chi connectivity index (χ3n) is 2.66. The standard InChI is InChI=1S/C14H21N3O/c1-5-13(10(3)17-11(4)15-6-2)14-8-7-12(18)9-16-14/h6-9,11,15,17-18H,2,5H2,1,3-4H3/b13-10+. The Morgan fingerprint density at radius 1 is 1.56 bits per heavy atom. The number of aromatic hydroxyl groups is 1. The molecule has 4 nitrogen and oxygen atoms in total. The largest absolute Gasteiger partial charge is 0.506 e. The Bertz CT molecular complexity index is 423. The maximum Gasteiger partial charge on any atom is 0.133 e. The zero-order valence-electron chi connectivity index (χ0n) is 11.2. The van der Waals surface area contributed by atoms with E-state index in [1.807, 2.05) is 19.9 Å². The van der Waals surface area contributed by atoms with Gasteiger partial charge in [0.2, 0.25) is 0 Å². The Morgan fingerprint density at radius 3 is 2.78 bits per heavy atom. The van der Waals surface area contributed by atoms with Crippen LogP contribution in [-0.2, 0) is 0 Å². The number of hydrogen-bond acceptors (Lipinski definition) is 4. The summed E-state index contributed by atoms with van der Waals surface area (Å²) in [4.78, 5) is 4.24. The molecule has 0 aromatic carbocycles. The minimum atomic E-state index is 0.112. The van der Waals surface area contributed by atoms with Gasteiger partial charge in [0.1, 0.15) is 5.75 Å². The lowest BCUT2D eigenvalue weighted by molar-refractivity contribution is 0.472. The fourth-order valence-electron chi connectivity index (χ4n) is 1.83. The highest BCUT2D eigenvalue weighted by molar-refractivity contribution is 5.65. The topological polar surface area (TPSA) is 57.2 Å². The molecule has 1 aromatic heterocycles. The van der Waals surface area contributed by atoms with Crippen LogP contribution in [0.5, 0.6) is 5.75 Å². The van der Waals surface area contributed by atoms with Crippen LogP contribution >= 0.6 is 0 Å². The number of hydrogen-bond donors (Lipinski definition) is 3. The summed E-state index contributed by atoms with van der Waals surface area (Å²) in [6.07, 6.45) is 4.11. The second-order valence-corrected chi connectivity index (χ2v) is 4.10. The van der Waals surface area contributed by atoms with Crippen LogP contribution in [0.2, 0.25) is 0 Å². The molecule has 3 N–H and O–H groups in total. The van der Waals surface area contributed by atoms with Gasteiger partial charge in [-0.25, -0.2) is 0 Å². The predicted molar refractivity (Wildman–Crippen MR) is 74.7 cm³/mol. The number of nitrogens with zero attached hydrogens (tertiary/aromatic N) is 1. The molecule has 0 saturated carbocycles. The first-order valence-electron chi connectivity index (χ1n) is 6.07. The Morgan fingerprint density at radius 2 is 2.28 bits per heavy atom. The summed E-state index contributed by atoms with van der Waals surface area (Å²) in [6.45, 7) is 9.76. The van der Waals surface area contributed by atoms with Crippen LogP contribution in [-0.4, -0.2) is 16.3 Å². The Labute approximate surface area is 108 Å². The molecule has 0 fully saturated rings. The van der Waals surface area contributed by atoms with E-state index in [1.165, 1.54) is 6.20 Å². The number of aromatic nitrogens is 1. The number of allylic oxidation sites excluding steroid dienone is 2. The molecule has 0 aliphatic heterocycles. The highest BCUT2D eigenvalue weighted by atomic mass is 16.3. The molecule has 0 radical (unpaired) electrons. The minimum Gasteiger partial charge on any atom is -0.506 e. The average Bonchev–Trinajstić information content (AvgIpc) is 2.32. The number of rotatable bonds is 6. The summed E-state index contributed by atoms with van der Waals surface area (Å²) in [5.74, 6) is 0.182. The van der Waals surface area contributed by atoms with Gasteiger partial charge >= 0.3 is 0 Å². The zero-order valence-corrected chi connectivity index (χ0v) is 11.2. The van der Waals surface area contributed by atoms with Crippen LogP contribution in [0.15, 0.2) is 36.8 Å². The SMILES string of the molecule is C=CNC(C)N/C(C)=C(\CC)c1ccc(O)cn1. The van der Waals surface area contributed by atoms with Gasteiger partial charge in [-0.1, -0.05) is 13.5 Å². The molecule has 4 heteroatoms. The third-order valence-corrected chi connectivity index (χ3v) is 2.66. The van der Waals surface area contributed by atoms with Crippen molar-refractivity contribution in [1.29, 1.82) is 0 Å². The van der Waals surface area contributed by atoms with E-state index in [9.17, 15) is 5.11 Å². The van der Waals surface area contributed by atoms with Crippen molar-refractivity contribution in [2.45, 2.75) is 33.4 Å². The number of pyridine rings is 1. The van der Waals surface area contributed by atoms with Crippen LogP contribution in [0.25, 0.3) is 5.57 Å². The van der Waals surface area contributed by atoms with Gasteiger partial charge in [0, 0.05) is 5.70 Å². The molecule has 18 heavy (non-hydrogen) atoms. The molecule has 0 amide bonds. The first-order valence-corrected chi connectivity index (χ1v) is 6.07. The summed E-state index contributed by atoms with van der Waals surface area (Å²) >= 11 is 0. The lowest BCUT2D eigenvalue weighted by atomic mass is 10.1. The van der Waals surface area contributed by atoms with Crippen molar-refractivity contribution in [3.63, 3.8) is 0 Å². The van der Waals surface area contributed by atoms with Crippen molar-refractivity contribution < 1.29 is 5.11 Å². The number of nitrogens with one attached hydrogen (secondary N) is 2. The van der Waals surface area contributed by atoms with Crippen LogP contribution < -0.4 is 10.6 Å². The van der Waals surface area contributed by atoms with Crippen molar-refractivity contribution in [2.75, 3.05) is 0 Å². The van der Waals surface area contributed by atoms with Crippen LogP contribution in [0.3, 0.4) is 0 Å². The third kappa shape index (κ3) is 3.80. The normalized spacial score (nSPS) is 13.5. The lowest BCUT2D eigenvalue weighted by Crippen LogP contribution is -2.35. The molecule has 0 aliphatic rings. The maximum absolute atomic E-state index is 9.25. The van der Waals surface area contributed by atoms with Gasteiger partial charge in [0.05, 0.1) is 18.1 Å². The Balaban J connectivity index is 2.92. The van der Waals surface area contributed by atoms with Gasteiger partial charge in [-0.3, -0.25) is 4.98 Å². The molecule has 0 saturated heterocycles. The average molecular weight is 247 g/mol. The van der Waals surface area contributed by atoms with Crippen molar-refractivity contribution in [3.05, 3.63) is 42.5 Å². The fraction of sp³-hybridized carbons (Fsp3) is 0.357. The molecule has 1 aromatic rings. The molecule has 1 heterocycles. The molecule has 0 bridgehead atoms. The highest BCUT2D eigenvalue weighted by Gasteiger charge is 2.07. The summed E-state index contributed by atoms with van der Waals surface area (Å²) in [5.41, 5.74) is 3.08. The van der Waals surface area contributed by atoms with E-state index in [0.717, 1.165) is 23.4 Å². The molecule has 1 atom stereocenters. The first-order chi connectivity index (χ1) is 8.58. The Hall–Kier alpha value is -1.97. The van der Waals surface area contributed by atoms with E-state index in [0.29, 0.717) is 0 Å². The van der Waals surface area contributed by atoms with Gasteiger partial charge in [-0.05, 0) is 44.2 Å². The highest BCUT2D eigenvalue weighted by Crippen LogP contribution is 2.20. The molecule has 1 rings (SSSR count). The van der Waals surface area contributed by atoms with Gasteiger partial charge in [-0.2, -0.15) is 0 Å². The van der Waals surface area contributed by atoms with E-state index < -0.39 is 0 Å². The summed E-state index contributed by atoms with van der Waals surface area (Å²) in [7, 11) is 0. The quantitative estimate of drug-likeness (QED) is 0.676. The van der Waals surface area contributed by atoms with Crippen molar-refractivity contribution in [2.24, 2.45) is 0 Å².